The Morgan fingerprint density at radius 3 is 2.04 bits per heavy atom. The molecule has 5 N–H and O–H groups in total. The summed E-state index contributed by atoms with van der Waals surface area (Å²) in [6.07, 6.45) is 3.81. The molecule has 1 aromatic rings. The van der Waals surface area contributed by atoms with E-state index in [0.29, 0.717) is 36.9 Å². The van der Waals surface area contributed by atoms with Gasteiger partial charge in [-0.25, -0.2) is 0 Å². The van der Waals surface area contributed by atoms with Crippen LogP contribution in [0.5, 0.6) is 0 Å². The van der Waals surface area contributed by atoms with Crippen molar-refractivity contribution < 1.29 is 48.2 Å². The van der Waals surface area contributed by atoms with Crippen LogP contribution in [0.4, 0.5) is 10.5 Å². The van der Waals surface area contributed by atoms with Gasteiger partial charge in [0.05, 0.1) is 0 Å². The molecule has 0 saturated heterocycles. The summed E-state index contributed by atoms with van der Waals surface area (Å²) in [4.78, 5) is 98.5. The Morgan fingerprint density at radius 1 is 0.812 bits per heavy atom. The van der Waals surface area contributed by atoms with Crippen LogP contribution in [0.3, 0.4) is 0 Å². The Kier molecular flexibility index (Phi) is 16.0. The number of unbranched alkanes of at least 4 members (excludes halogenated alkanes) is 2. The van der Waals surface area contributed by atoms with Crippen LogP contribution in [-0.4, -0.2) is 89.8 Å². The van der Waals surface area contributed by atoms with Crippen molar-refractivity contribution in [1.82, 2.24) is 20.9 Å². The fourth-order valence-electron chi connectivity index (χ4n) is 4.66. The number of carbonyl (C=O) groups excluding carboxylic acids is 7. The number of imide groups is 1. The Bertz CT molecular complexity index is 1360. The van der Waals surface area contributed by atoms with E-state index in [0.717, 1.165) is 4.90 Å². The lowest BCUT2D eigenvalue weighted by Gasteiger charge is -2.24. The van der Waals surface area contributed by atoms with Crippen molar-refractivity contribution >= 4 is 60.8 Å². The number of hydrogen-bond acceptors (Lipinski definition) is 9. The van der Waals surface area contributed by atoms with Crippen LogP contribution in [0.1, 0.15) is 71.3 Å². The third kappa shape index (κ3) is 14.2. The average molecular weight is 670 g/mol. The molecule has 0 fully saturated rings. The van der Waals surface area contributed by atoms with Crippen molar-refractivity contribution in [2.45, 2.75) is 90.4 Å². The number of benzene rings is 1. The minimum Gasteiger partial charge on any atom is -0.481 e. The van der Waals surface area contributed by atoms with Gasteiger partial charge < -0.3 is 31.1 Å². The highest BCUT2D eigenvalue weighted by atomic mass is 16.5. The molecule has 0 aromatic heterocycles. The van der Waals surface area contributed by atoms with Crippen molar-refractivity contribution in [2.75, 3.05) is 11.9 Å². The highest BCUT2D eigenvalue weighted by Crippen LogP contribution is 2.13. The summed E-state index contributed by atoms with van der Waals surface area (Å²) >= 11 is 0. The van der Waals surface area contributed by atoms with Crippen LogP contribution >= 0.6 is 0 Å². The number of nitrogens with one attached hydrogen (secondary N) is 4. The second kappa shape index (κ2) is 19.6. The fourth-order valence-corrected chi connectivity index (χ4v) is 4.66. The van der Waals surface area contributed by atoms with Gasteiger partial charge in [0.2, 0.25) is 37.3 Å². The van der Waals surface area contributed by atoms with E-state index in [1.807, 2.05) is 13.8 Å². The Morgan fingerprint density at radius 2 is 1.46 bits per heavy atom. The minimum atomic E-state index is -1.24. The molecule has 1 aliphatic rings. The monoisotopic (exact) mass is 669 g/mol. The number of carbonyl (C=O) groups is 8. The highest BCUT2D eigenvalue weighted by molar-refractivity contribution is 6.55. The summed E-state index contributed by atoms with van der Waals surface area (Å²) in [7, 11) is 1.28. The highest BCUT2D eigenvalue weighted by Gasteiger charge is 2.28. The Labute approximate surface area is 280 Å². The Hall–Kier alpha value is -5.02. The van der Waals surface area contributed by atoms with E-state index in [1.54, 1.807) is 24.3 Å². The molecule has 0 radical (unpaired) electrons. The summed E-state index contributed by atoms with van der Waals surface area (Å²) in [5.41, 5.74) is 1.04. The maximum atomic E-state index is 13.1. The smallest absolute Gasteiger partial charge is 0.303 e. The summed E-state index contributed by atoms with van der Waals surface area (Å²) in [5.74, 6) is -4.67. The molecule has 1 aromatic carbocycles. The van der Waals surface area contributed by atoms with Crippen molar-refractivity contribution in [3.8, 4) is 0 Å². The normalized spacial score (nSPS) is 14.2. The van der Waals surface area contributed by atoms with E-state index in [1.165, 1.54) is 26.9 Å². The van der Waals surface area contributed by atoms with Crippen molar-refractivity contribution in [3.05, 3.63) is 42.0 Å². The van der Waals surface area contributed by atoms with Gasteiger partial charge in [0.1, 0.15) is 24.7 Å². The molecule has 0 bridgehead atoms. The first-order valence-corrected chi connectivity index (χ1v) is 15.8. The molecule has 2 rings (SSSR count). The molecule has 0 unspecified atom stereocenters. The molecule has 48 heavy (non-hydrogen) atoms. The molecule has 260 valence electrons. The molecule has 6 amide bonds. The van der Waals surface area contributed by atoms with Crippen molar-refractivity contribution in [1.29, 1.82) is 0 Å². The van der Waals surface area contributed by atoms with E-state index in [4.69, 9.17) is 9.84 Å². The first-order valence-electron chi connectivity index (χ1n) is 15.8. The third-order valence-electron chi connectivity index (χ3n) is 7.24. The van der Waals surface area contributed by atoms with E-state index in [2.05, 4.69) is 21.3 Å². The summed E-state index contributed by atoms with van der Waals surface area (Å²) in [6, 6.07) is 3.09. The quantitative estimate of drug-likeness (QED) is 0.0746. The number of anilines is 1. The van der Waals surface area contributed by atoms with Gasteiger partial charge in [-0.3, -0.25) is 43.3 Å². The number of carboxylic acids is 1. The lowest BCUT2D eigenvalue weighted by atomic mass is 10.0. The van der Waals surface area contributed by atoms with Crippen LogP contribution in [-0.2, 0) is 44.9 Å². The topological polar surface area (TPSA) is 217 Å². The molecule has 1 heterocycles. The second-order valence-corrected chi connectivity index (χ2v) is 11.9. The van der Waals surface area contributed by atoms with Crippen LogP contribution in [0, 0.1) is 5.92 Å². The fraction of sp³-hybridized carbons (Fsp3) is 0.500. The average Bonchev–Trinajstić information content (AvgIpc) is 3.33. The van der Waals surface area contributed by atoms with E-state index >= 15 is 0 Å². The van der Waals surface area contributed by atoms with Gasteiger partial charge in [0.15, 0.2) is 0 Å². The number of rotatable bonds is 20. The van der Waals surface area contributed by atoms with Gasteiger partial charge in [0, 0.05) is 37.2 Å². The third-order valence-corrected chi connectivity index (χ3v) is 7.24. The Balaban J connectivity index is 1.92. The SMILES string of the molecule is BC(=O)OCc1ccc(NC(=O)[C@H](CCC(=O)O)NC(=O)[C@H](C)NC(=O)[C@@H](CC(C)C)NC(=O)CCCCCN2C(=O)C=CC2=O)cc1. The molecule has 1 aliphatic heterocycles. The minimum absolute atomic E-state index is 0.0224. The van der Waals surface area contributed by atoms with Crippen LogP contribution in [0.15, 0.2) is 36.4 Å². The predicted molar refractivity (Wildman–Crippen MR) is 176 cm³/mol. The number of hydrogen-bond donors (Lipinski definition) is 5. The number of carboxylic acid groups (broad SMARTS) is 1. The molecule has 0 aliphatic carbocycles. The predicted octanol–water partition coefficient (Wildman–Crippen LogP) is 0.765. The first kappa shape index (κ1) is 39.2. The number of ether oxygens (including phenoxy) is 1. The van der Waals surface area contributed by atoms with Gasteiger partial charge in [0.25, 0.3) is 11.8 Å². The van der Waals surface area contributed by atoms with Crippen LogP contribution in [0.2, 0.25) is 0 Å². The number of nitrogens with zero attached hydrogens (tertiary/aromatic N) is 1. The van der Waals surface area contributed by atoms with Gasteiger partial charge in [-0.15, -0.1) is 0 Å². The van der Waals surface area contributed by atoms with E-state index < -0.39 is 54.1 Å². The lowest BCUT2D eigenvalue weighted by Crippen LogP contribution is -2.55. The molecule has 15 nitrogen and oxygen atoms in total. The number of amides is 6. The van der Waals surface area contributed by atoms with Crippen molar-refractivity contribution in [2.24, 2.45) is 5.92 Å². The van der Waals surface area contributed by atoms with Crippen molar-refractivity contribution in [3.63, 3.8) is 0 Å². The van der Waals surface area contributed by atoms with Crippen LogP contribution in [0.25, 0.3) is 0 Å². The summed E-state index contributed by atoms with van der Waals surface area (Å²) < 4.78 is 4.93. The van der Waals surface area contributed by atoms with Gasteiger partial charge in [-0.05, 0) is 56.2 Å². The number of aliphatic carboxylic acids is 1. The summed E-state index contributed by atoms with van der Waals surface area (Å²) in [5, 5.41) is 19.6. The molecule has 0 saturated carbocycles. The van der Waals surface area contributed by atoms with Gasteiger partial charge in [-0.2, -0.15) is 0 Å². The molecule has 16 heteroatoms. The zero-order chi connectivity index (χ0) is 35.8. The second-order valence-electron chi connectivity index (χ2n) is 11.9. The van der Waals surface area contributed by atoms with E-state index in [-0.39, 0.29) is 49.6 Å². The van der Waals surface area contributed by atoms with Gasteiger partial charge in [-0.1, -0.05) is 32.4 Å². The van der Waals surface area contributed by atoms with E-state index in [9.17, 15) is 38.4 Å². The molecular weight excluding hydrogens is 625 g/mol. The molecular formula is C32H44BN5O10. The lowest BCUT2D eigenvalue weighted by molar-refractivity contribution is -0.138. The standard InChI is InChI=1S/C32H44BN5O10/c1-19(2)17-24(36-25(39)7-5-4-6-16-38-26(40)13-14-27(38)41)31(46)34-20(3)29(44)37-23(12-15-28(42)43)30(45)35-22-10-8-21(9-11-22)18-48-32(33)47/h8-11,13-14,19-20,23-24H,4-7,12,15-18,33H2,1-3H3,(H,34,46)(H,35,45)(H,36,39)(H,37,44)(H,42,43)/t20-,23-,24+/m0/s1. The maximum Gasteiger partial charge on any atom is 0.303 e. The van der Waals surface area contributed by atoms with Gasteiger partial charge >= 0.3 is 5.97 Å². The maximum absolute atomic E-state index is 13.1. The zero-order valence-electron chi connectivity index (χ0n) is 27.7. The largest absolute Gasteiger partial charge is 0.481 e. The van der Waals surface area contributed by atoms with Crippen LogP contribution < -0.4 is 21.3 Å². The summed E-state index contributed by atoms with van der Waals surface area (Å²) in [6.45, 7) is 5.46. The molecule has 3 atom stereocenters. The first-order chi connectivity index (χ1) is 22.7. The molecule has 0 spiro atoms. The zero-order valence-corrected chi connectivity index (χ0v) is 27.7.